The molecule has 0 saturated heterocycles. The molecule has 1 aromatic heterocycles. The van der Waals surface area contributed by atoms with Gasteiger partial charge in [0.25, 0.3) is 5.56 Å². The van der Waals surface area contributed by atoms with Gasteiger partial charge < -0.3 is 9.88 Å². The number of anilines is 1. The van der Waals surface area contributed by atoms with Gasteiger partial charge in [-0.3, -0.25) is 4.79 Å². The Labute approximate surface area is 102 Å². The molecule has 1 N–H and O–H groups in total. The Balaban J connectivity index is 2.06. The number of nitrogens with one attached hydrogen (secondary N) is 1. The van der Waals surface area contributed by atoms with Crippen LogP contribution in [-0.2, 0) is 7.05 Å². The molecule has 0 spiro atoms. The van der Waals surface area contributed by atoms with Gasteiger partial charge in [-0.05, 0) is 31.1 Å². The van der Waals surface area contributed by atoms with Crippen molar-refractivity contribution in [3.8, 4) is 0 Å². The number of hydrogen-bond acceptors (Lipinski definition) is 3. The highest BCUT2D eigenvalue weighted by Crippen LogP contribution is 2.30. The molecule has 1 heterocycles. The lowest BCUT2D eigenvalue weighted by Gasteiger charge is -2.32. The fourth-order valence-electron chi connectivity index (χ4n) is 2.47. The Hall–Kier alpha value is -1.32. The van der Waals surface area contributed by atoms with Crippen LogP contribution >= 0.6 is 0 Å². The summed E-state index contributed by atoms with van der Waals surface area (Å²) in [7, 11) is 1.75. The van der Waals surface area contributed by atoms with Gasteiger partial charge in [-0.25, -0.2) is 4.98 Å². The van der Waals surface area contributed by atoms with Crippen molar-refractivity contribution in [2.45, 2.75) is 39.2 Å². The minimum atomic E-state index is -0.0428. The molecule has 3 atom stereocenters. The third-order valence-electron chi connectivity index (χ3n) is 3.96. The molecule has 0 radical (unpaired) electrons. The van der Waals surface area contributed by atoms with Crippen LogP contribution in [0.2, 0.25) is 0 Å². The molecule has 4 nitrogen and oxygen atoms in total. The maximum atomic E-state index is 11.8. The summed E-state index contributed by atoms with van der Waals surface area (Å²) in [6, 6.07) is 0.392. The minimum Gasteiger partial charge on any atom is -0.363 e. The zero-order chi connectivity index (χ0) is 12.4. The van der Waals surface area contributed by atoms with Gasteiger partial charge in [0.15, 0.2) is 5.82 Å². The molecule has 1 fully saturated rings. The van der Waals surface area contributed by atoms with Gasteiger partial charge in [0.05, 0.1) is 0 Å². The summed E-state index contributed by atoms with van der Waals surface area (Å²) in [4.78, 5) is 16.0. The van der Waals surface area contributed by atoms with E-state index in [-0.39, 0.29) is 5.56 Å². The fourth-order valence-corrected chi connectivity index (χ4v) is 2.47. The number of nitrogens with zero attached hydrogens (tertiary/aromatic N) is 2. The largest absolute Gasteiger partial charge is 0.363 e. The molecule has 2 rings (SSSR count). The zero-order valence-electron chi connectivity index (χ0n) is 10.8. The molecule has 0 bridgehead atoms. The molecule has 3 unspecified atom stereocenters. The molecule has 94 valence electrons. The van der Waals surface area contributed by atoms with Gasteiger partial charge in [0.1, 0.15) is 0 Å². The highest BCUT2D eigenvalue weighted by Gasteiger charge is 2.25. The van der Waals surface area contributed by atoms with E-state index in [4.69, 9.17) is 0 Å². The lowest BCUT2D eigenvalue weighted by molar-refractivity contribution is 0.260. The first-order valence-electron chi connectivity index (χ1n) is 6.36. The predicted molar refractivity (Wildman–Crippen MR) is 69.1 cm³/mol. The molecule has 0 aromatic carbocycles. The Morgan fingerprint density at radius 1 is 1.35 bits per heavy atom. The molecule has 1 aromatic rings. The van der Waals surface area contributed by atoms with E-state index in [1.165, 1.54) is 6.42 Å². The fraction of sp³-hybridized carbons (Fsp3) is 0.692. The summed E-state index contributed by atoms with van der Waals surface area (Å²) in [5.41, 5.74) is -0.0428. The van der Waals surface area contributed by atoms with Gasteiger partial charge in [0.2, 0.25) is 0 Å². The van der Waals surface area contributed by atoms with Crippen LogP contribution in [0.25, 0.3) is 0 Å². The molecule has 1 aliphatic rings. The van der Waals surface area contributed by atoms with Crippen molar-refractivity contribution >= 4 is 5.82 Å². The third kappa shape index (κ3) is 2.68. The van der Waals surface area contributed by atoms with Crippen molar-refractivity contribution in [2.75, 3.05) is 5.32 Å². The minimum absolute atomic E-state index is 0.0428. The lowest BCUT2D eigenvalue weighted by Crippen LogP contribution is -2.33. The van der Waals surface area contributed by atoms with E-state index < -0.39 is 0 Å². The normalized spacial score (nSPS) is 29.0. The maximum absolute atomic E-state index is 11.8. The van der Waals surface area contributed by atoms with Crippen LogP contribution in [0, 0.1) is 11.8 Å². The van der Waals surface area contributed by atoms with Crippen molar-refractivity contribution in [3.63, 3.8) is 0 Å². The lowest BCUT2D eigenvalue weighted by atomic mass is 9.79. The maximum Gasteiger partial charge on any atom is 0.293 e. The van der Waals surface area contributed by atoms with Crippen molar-refractivity contribution in [1.82, 2.24) is 9.55 Å². The number of aryl methyl sites for hydroxylation is 1. The number of rotatable bonds is 2. The first kappa shape index (κ1) is 12.1. The van der Waals surface area contributed by atoms with E-state index in [1.54, 1.807) is 24.0 Å². The Bertz CT molecular complexity index is 441. The summed E-state index contributed by atoms with van der Waals surface area (Å²) in [5, 5.41) is 3.30. The number of aromatic nitrogens is 2. The highest BCUT2D eigenvalue weighted by atomic mass is 16.1. The van der Waals surface area contributed by atoms with E-state index in [0.717, 1.165) is 18.8 Å². The van der Waals surface area contributed by atoms with Crippen molar-refractivity contribution in [1.29, 1.82) is 0 Å². The second-order valence-electron chi connectivity index (χ2n) is 5.30. The quantitative estimate of drug-likeness (QED) is 0.853. The average molecular weight is 235 g/mol. The van der Waals surface area contributed by atoms with Crippen LogP contribution in [0.5, 0.6) is 0 Å². The average Bonchev–Trinajstić information content (AvgIpc) is 2.30. The van der Waals surface area contributed by atoms with Gasteiger partial charge >= 0.3 is 0 Å². The van der Waals surface area contributed by atoms with Crippen LogP contribution in [0.3, 0.4) is 0 Å². The van der Waals surface area contributed by atoms with Gasteiger partial charge in [-0.1, -0.05) is 13.8 Å². The van der Waals surface area contributed by atoms with Crippen LogP contribution in [-0.4, -0.2) is 15.6 Å². The summed E-state index contributed by atoms with van der Waals surface area (Å²) in [6.07, 6.45) is 6.83. The Morgan fingerprint density at radius 3 is 2.82 bits per heavy atom. The molecule has 17 heavy (non-hydrogen) atoms. The summed E-state index contributed by atoms with van der Waals surface area (Å²) >= 11 is 0. The van der Waals surface area contributed by atoms with Gasteiger partial charge in [-0.2, -0.15) is 0 Å². The smallest absolute Gasteiger partial charge is 0.293 e. The van der Waals surface area contributed by atoms with Crippen LogP contribution < -0.4 is 10.9 Å². The predicted octanol–water partition coefficient (Wildman–Crippen LogP) is 2.02. The van der Waals surface area contributed by atoms with Crippen molar-refractivity contribution < 1.29 is 0 Å². The zero-order valence-corrected chi connectivity index (χ0v) is 10.8. The molecule has 1 saturated carbocycles. The van der Waals surface area contributed by atoms with Crippen molar-refractivity contribution in [2.24, 2.45) is 18.9 Å². The van der Waals surface area contributed by atoms with Crippen LogP contribution in [0.1, 0.15) is 33.1 Å². The second kappa shape index (κ2) is 4.90. The molecule has 1 aliphatic carbocycles. The summed E-state index contributed by atoms with van der Waals surface area (Å²) < 4.78 is 1.56. The first-order valence-corrected chi connectivity index (χ1v) is 6.36. The summed E-state index contributed by atoms with van der Waals surface area (Å²) in [6.45, 7) is 4.59. The summed E-state index contributed by atoms with van der Waals surface area (Å²) in [5.74, 6) is 2.00. The third-order valence-corrected chi connectivity index (χ3v) is 3.96. The van der Waals surface area contributed by atoms with E-state index >= 15 is 0 Å². The van der Waals surface area contributed by atoms with E-state index in [1.807, 2.05) is 0 Å². The second-order valence-corrected chi connectivity index (χ2v) is 5.30. The van der Waals surface area contributed by atoms with Crippen LogP contribution in [0.15, 0.2) is 17.2 Å². The highest BCUT2D eigenvalue weighted by molar-refractivity contribution is 5.32. The Kier molecular flexibility index (Phi) is 3.50. The first-order chi connectivity index (χ1) is 8.08. The molecule has 0 amide bonds. The Morgan fingerprint density at radius 2 is 2.12 bits per heavy atom. The monoisotopic (exact) mass is 235 g/mol. The van der Waals surface area contributed by atoms with E-state index in [9.17, 15) is 4.79 Å². The molecule has 4 heteroatoms. The SMILES string of the molecule is CC1CCC(Nc2nccn(C)c2=O)CC1C. The molecule has 0 aliphatic heterocycles. The number of hydrogen-bond donors (Lipinski definition) is 1. The van der Waals surface area contributed by atoms with E-state index in [0.29, 0.717) is 17.8 Å². The van der Waals surface area contributed by atoms with E-state index in [2.05, 4.69) is 24.1 Å². The van der Waals surface area contributed by atoms with Gasteiger partial charge in [-0.15, -0.1) is 0 Å². The topological polar surface area (TPSA) is 46.9 Å². The van der Waals surface area contributed by atoms with Crippen molar-refractivity contribution in [3.05, 3.63) is 22.7 Å². The molecular weight excluding hydrogens is 214 g/mol. The van der Waals surface area contributed by atoms with Gasteiger partial charge in [0, 0.05) is 25.5 Å². The van der Waals surface area contributed by atoms with Crippen LogP contribution in [0.4, 0.5) is 5.82 Å². The standard InChI is InChI=1S/C13H21N3O/c1-9-4-5-11(8-10(9)2)15-12-13(17)16(3)7-6-14-12/h6-7,9-11H,4-5,8H2,1-3H3,(H,14,15). The molecular formula is C13H21N3O.